The molecule has 1 aliphatic heterocycles. The molecule has 0 aliphatic carbocycles. The zero-order chi connectivity index (χ0) is 13.9. The smallest absolute Gasteiger partial charge is 0.326 e. The highest BCUT2D eigenvalue weighted by Crippen LogP contribution is 2.17. The van der Waals surface area contributed by atoms with Crippen LogP contribution in [0.3, 0.4) is 0 Å². The van der Waals surface area contributed by atoms with Crippen molar-refractivity contribution in [3.8, 4) is 0 Å². The van der Waals surface area contributed by atoms with E-state index in [0.29, 0.717) is 19.4 Å². The van der Waals surface area contributed by atoms with E-state index in [1.807, 2.05) is 0 Å². The number of carboxylic acids is 1. The monoisotopic (exact) mass is 257 g/mol. The van der Waals surface area contributed by atoms with E-state index in [9.17, 15) is 14.4 Å². The lowest BCUT2D eigenvalue weighted by atomic mass is 10.0. The van der Waals surface area contributed by atoms with Gasteiger partial charge in [-0.1, -0.05) is 13.8 Å². The van der Waals surface area contributed by atoms with Gasteiger partial charge in [0, 0.05) is 6.54 Å². The Kier molecular flexibility index (Phi) is 4.52. The van der Waals surface area contributed by atoms with Gasteiger partial charge in [0.05, 0.1) is 0 Å². The Labute approximate surface area is 105 Å². The Bertz CT molecular complexity index is 356. The van der Waals surface area contributed by atoms with E-state index in [-0.39, 0.29) is 5.92 Å². The third-order valence-corrected chi connectivity index (χ3v) is 3.05. The number of urea groups is 1. The summed E-state index contributed by atoms with van der Waals surface area (Å²) in [6.45, 7) is 3.90. The van der Waals surface area contributed by atoms with Crippen LogP contribution in [0, 0.1) is 5.92 Å². The number of rotatable bonds is 4. The van der Waals surface area contributed by atoms with Gasteiger partial charge in [-0.2, -0.15) is 0 Å². The summed E-state index contributed by atoms with van der Waals surface area (Å²) in [5, 5.41) is 11.5. The molecule has 7 nitrogen and oxygen atoms in total. The molecule has 0 spiro atoms. The van der Waals surface area contributed by atoms with Gasteiger partial charge in [0.2, 0.25) is 5.91 Å². The summed E-state index contributed by atoms with van der Waals surface area (Å²) in [5.41, 5.74) is 5.19. The number of nitrogens with two attached hydrogens (primary N) is 1. The van der Waals surface area contributed by atoms with Gasteiger partial charge >= 0.3 is 12.0 Å². The molecule has 1 saturated heterocycles. The average Bonchev–Trinajstić information content (AvgIpc) is 2.73. The minimum atomic E-state index is -1.03. The number of amides is 3. The van der Waals surface area contributed by atoms with Crippen LogP contribution < -0.4 is 11.1 Å². The number of carbonyl (C=O) groups excluding carboxylic acids is 2. The number of likely N-dealkylation sites (tertiary alicyclic amines) is 1. The summed E-state index contributed by atoms with van der Waals surface area (Å²) in [6, 6.07) is -2.14. The minimum absolute atomic E-state index is 0.141. The van der Waals surface area contributed by atoms with Crippen LogP contribution in [0.25, 0.3) is 0 Å². The Balaban J connectivity index is 2.69. The fourth-order valence-corrected chi connectivity index (χ4v) is 2.05. The normalized spacial score (nSPS) is 20.8. The summed E-state index contributed by atoms with van der Waals surface area (Å²) in [7, 11) is 0. The van der Waals surface area contributed by atoms with Crippen LogP contribution in [-0.4, -0.2) is 46.5 Å². The largest absolute Gasteiger partial charge is 0.480 e. The molecular weight excluding hydrogens is 238 g/mol. The number of aliphatic carboxylic acids is 1. The fraction of sp³-hybridized carbons (Fsp3) is 0.727. The molecule has 3 amide bonds. The first-order chi connectivity index (χ1) is 8.34. The Hall–Kier alpha value is -1.79. The molecule has 0 radical (unpaired) electrons. The number of carbonyl (C=O) groups is 3. The molecule has 2 unspecified atom stereocenters. The summed E-state index contributed by atoms with van der Waals surface area (Å²) in [6.07, 6.45) is 1.08. The molecule has 1 heterocycles. The van der Waals surface area contributed by atoms with Crippen molar-refractivity contribution in [3.63, 3.8) is 0 Å². The maximum absolute atomic E-state index is 11.9. The third kappa shape index (κ3) is 3.12. The topological polar surface area (TPSA) is 113 Å². The Morgan fingerprint density at radius 2 is 2.00 bits per heavy atom. The lowest BCUT2D eigenvalue weighted by molar-refractivity contribution is -0.141. The van der Waals surface area contributed by atoms with E-state index in [4.69, 9.17) is 10.8 Å². The van der Waals surface area contributed by atoms with Crippen LogP contribution in [0.15, 0.2) is 0 Å². The van der Waals surface area contributed by atoms with Crippen molar-refractivity contribution >= 4 is 17.9 Å². The van der Waals surface area contributed by atoms with E-state index in [1.54, 1.807) is 13.8 Å². The van der Waals surface area contributed by atoms with Crippen molar-refractivity contribution in [2.24, 2.45) is 11.7 Å². The molecule has 1 aliphatic rings. The number of carboxylic acid groups (broad SMARTS) is 1. The predicted octanol–water partition coefficient (Wildman–Crippen LogP) is -0.245. The standard InChI is InChI=1S/C11H19N3O4/c1-6(2)8(9(12)15)13-11(18)14-5-3-4-7(14)10(16)17/h6-8H,3-5H2,1-2H3,(H2,12,15)(H,13,18)(H,16,17). The number of hydrogen-bond acceptors (Lipinski definition) is 3. The SMILES string of the molecule is CC(C)C(NC(=O)N1CCCC1C(=O)O)C(N)=O. The highest BCUT2D eigenvalue weighted by atomic mass is 16.4. The minimum Gasteiger partial charge on any atom is -0.480 e. The van der Waals surface area contributed by atoms with Crippen LogP contribution >= 0.6 is 0 Å². The molecule has 1 rings (SSSR count). The van der Waals surface area contributed by atoms with Gasteiger partial charge in [-0.05, 0) is 18.8 Å². The molecule has 7 heteroatoms. The Morgan fingerprint density at radius 1 is 1.39 bits per heavy atom. The van der Waals surface area contributed by atoms with Crippen molar-refractivity contribution < 1.29 is 19.5 Å². The zero-order valence-corrected chi connectivity index (χ0v) is 10.5. The summed E-state index contributed by atoms with van der Waals surface area (Å²) < 4.78 is 0. The number of hydrogen-bond donors (Lipinski definition) is 3. The first-order valence-corrected chi connectivity index (χ1v) is 5.93. The van der Waals surface area contributed by atoms with Gasteiger partial charge in [-0.3, -0.25) is 4.79 Å². The lowest BCUT2D eigenvalue weighted by Crippen LogP contribution is -2.54. The molecule has 0 aromatic heterocycles. The van der Waals surface area contributed by atoms with E-state index in [2.05, 4.69) is 5.32 Å². The number of primary amides is 1. The van der Waals surface area contributed by atoms with Gasteiger partial charge in [0.15, 0.2) is 0 Å². The van der Waals surface area contributed by atoms with Crippen molar-refractivity contribution in [2.45, 2.75) is 38.8 Å². The van der Waals surface area contributed by atoms with Gasteiger partial charge in [0.1, 0.15) is 12.1 Å². The van der Waals surface area contributed by atoms with Crippen molar-refractivity contribution in [1.82, 2.24) is 10.2 Å². The summed E-state index contributed by atoms with van der Waals surface area (Å²) in [4.78, 5) is 35.3. The van der Waals surface area contributed by atoms with Crippen LogP contribution in [0.4, 0.5) is 4.79 Å². The molecule has 0 aromatic rings. The van der Waals surface area contributed by atoms with Crippen molar-refractivity contribution in [1.29, 1.82) is 0 Å². The summed E-state index contributed by atoms with van der Waals surface area (Å²) >= 11 is 0. The second-order valence-electron chi connectivity index (χ2n) is 4.76. The molecule has 1 fully saturated rings. The first kappa shape index (κ1) is 14.3. The predicted molar refractivity (Wildman–Crippen MR) is 63.7 cm³/mol. The lowest BCUT2D eigenvalue weighted by Gasteiger charge is -2.26. The quantitative estimate of drug-likeness (QED) is 0.644. The van der Waals surface area contributed by atoms with Gasteiger partial charge in [-0.25, -0.2) is 9.59 Å². The molecule has 102 valence electrons. The van der Waals surface area contributed by atoms with E-state index in [1.165, 1.54) is 4.90 Å². The Morgan fingerprint density at radius 3 is 2.44 bits per heavy atom. The molecule has 18 heavy (non-hydrogen) atoms. The molecular formula is C11H19N3O4. The molecule has 0 bridgehead atoms. The molecule has 2 atom stereocenters. The van der Waals surface area contributed by atoms with Gasteiger partial charge < -0.3 is 21.1 Å². The number of nitrogens with zero attached hydrogens (tertiary/aromatic N) is 1. The van der Waals surface area contributed by atoms with Crippen molar-refractivity contribution in [2.75, 3.05) is 6.54 Å². The highest BCUT2D eigenvalue weighted by Gasteiger charge is 2.35. The van der Waals surface area contributed by atoms with Crippen LogP contribution in [0.5, 0.6) is 0 Å². The van der Waals surface area contributed by atoms with E-state index in [0.717, 1.165) is 0 Å². The van der Waals surface area contributed by atoms with E-state index < -0.39 is 30.0 Å². The van der Waals surface area contributed by atoms with Crippen molar-refractivity contribution in [3.05, 3.63) is 0 Å². The van der Waals surface area contributed by atoms with Crippen LogP contribution in [0.2, 0.25) is 0 Å². The van der Waals surface area contributed by atoms with Gasteiger partial charge in [-0.15, -0.1) is 0 Å². The molecule has 0 aromatic carbocycles. The summed E-state index contributed by atoms with van der Waals surface area (Å²) in [5.74, 6) is -1.79. The average molecular weight is 257 g/mol. The second kappa shape index (κ2) is 5.70. The maximum Gasteiger partial charge on any atom is 0.326 e. The third-order valence-electron chi connectivity index (χ3n) is 3.05. The van der Waals surface area contributed by atoms with E-state index >= 15 is 0 Å². The zero-order valence-electron chi connectivity index (χ0n) is 10.5. The maximum atomic E-state index is 11.9. The van der Waals surface area contributed by atoms with Gasteiger partial charge in [0.25, 0.3) is 0 Å². The first-order valence-electron chi connectivity index (χ1n) is 5.93. The number of nitrogens with one attached hydrogen (secondary N) is 1. The fourth-order valence-electron chi connectivity index (χ4n) is 2.05. The van der Waals surface area contributed by atoms with Crippen LogP contribution in [0.1, 0.15) is 26.7 Å². The van der Waals surface area contributed by atoms with Crippen LogP contribution in [-0.2, 0) is 9.59 Å². The highest BCUT2D eigenvalue weighted by molar-refractivity contribution is 5.88. The second-order valence-corrected chi connectivity index (χ2v) is 4.76. The molecule has 0 saturated carbocycles. The molecule has 4 N–H and O–H groups in total.